The highest BCUT2D eigenvalue weighted by Gasteiger charge is 2.24. The second kappa shape index (κ2) is 7.20. The van der Waals surface area contributed by atoms with E-state index in [1.165, 1.54) is 0 Å². The normalized spacial score (nSPS) is 23.8. The number of aliphatic carboxylic acids is 1. The Morgan fingerprint density at radius 1 is 1.33 bits per heavy atom. The zero-order chi connectivity index (χ0) is 13.5. The van der Waals surface area contributed by atoms with Crippen molar-refractivity contribution < 1.29 is 19.4 Å². The van der Waals surface area contributed by atoms with Gasteiger partial charge in [0, 0.05) is 19.6 Å². The molecule has 1 heterocycles. The number of rotatable bonds is 5. The third kappa shape index (κ3) is 5.35. The summed E-state index contributed by atoms with van der Waals surface area (Å²) in [4.78, 5) is 23.8. The number of carbonyl (C=O) groups is 2. The Morgan fingerprint density at radius 2 is 1.94 bits per heavy atom. The highest BCUT2D eigenvalue weighted by atomic mass is 16.5. The molecule has 2 N–H and O–H groups in total. The van der Waals surface area contributed by atoms with Crippen LogP contribution in [0.15, 0.2) is 0 Å². The predicted molar refractivity (Wildman–Crippen MR) is 66.4 cm³/mol. The van der Waals surface area contributed by atoms with E-state index in [0.29, 0.717) is 18.4 Å². The Labute approximate surface area is 107 Å². The van der Waals surface area contributed by atoms with Crippen molar-refractivity contribution in [3.63, 3.8) is 0 Å². The summed E-state index contributed by atoms with van der Waals surface area (Å²) in [7, 11) is 0. The molecule has 0 aromatic carbocycles. The van der Waals surface area contributed by atoms with Crippen LogP contribution in [0.4, 0.5) is 4.79 Å². The highest BCUT2D eigenvalue weighted by molar-refractivity contribution is 5.74. The first kappa shape index (κ1) is 14.8. The van der Waals surface area contributed by atoms with Crippen LogP contribution in [0.25, 0.3) is 0 Å². The number of nitrogens with one attached hydrogen (secondary N) is 1. The summed E-state index contributed by atoms with van der Waals surface area (Å²) in [5.74, 6) is 0.0607. The molecule has 0 radical (unpaired) electrons. The molecule has 0 spiro atoms. The van der Waals surface area contributed by atoms with Crippen molar-refractivity contribution in [2.75, 3.05) is 32.8 Å². The third-order valence-electron chi connectivity index (χ3n) is 2.90. The molecule has 104 valence electrons. The molecular formula is C12H22N2O4. The lowest BCUT2D eigenvalue weighted by Crippen LogP contribution is -2.48. The number of ether oxygens (including phenoxy) is 1. The first-order valence-electron chi connectivity index (χ1n) is 6.31. The van der Waals surface area contributed by atoms with Crippen molar-refractivity contribution in [3.8, 4) is 0 Å². The number of nitrogens with zero attached hydrogens (tertiary/aromatic N) is 1. The molecule has 2 amide bonds. The molecule has 1 aliphatic rings. The number of carboxylic acids is 1. The van der Waals surface area contributed by atoms with E-state index in [9.17, 15) is 9.59 Å². The number of carbonyl (C=O) groups excluding carboxylic acids is 1. The molecule has 0 aromatic rings. The maximum Gasteiger partial charge on any atom is 0.329 e. The molecule has 1 rings (SSSR count). The fourth-order valence-corrected chi connectivity index (χ4v) is 2.33. The average Bonchev–Trinajstić information content (AvgIpc) is 2.26. The summed E-state index contributed by atoms with van der Waals surface area (Å²) in [6.45, 7) is 6.09. The third-order valence-corrected chi connectivity index (χ3v) is 2.90. The van der Waals surface area contributed by atoms with Gasteiger partial charge in [-0.2, -0.15) is 0 Å². The molecule has 18 heavy (non-hydrogen) atoms. The number of urea groups is 1. The summed E-state index contributed by atoms with van der Waals surface area (Å²) in [6.07, 6.45) is 1.16. The van der Waals surface area contributed by atoms with E-state index in [0.717, 1.165) is 19.5 Å². The number of likely N-dealkylation sites (tertiary alicyclic amines) is 1. The van der Waals surface area contributed by atoms with Crippen LogP contribution >= 0.6 is 0 Å². The van der Waals surface area contributed by atoms with Gasteiger partial charge in [-0.05, 0) is 18.3 Å². The minimum Gasteiger partial charge on any atom is -0.480 e. The van der Waals surface area contributed by atoms with Gasteiger partial charge >= 0.3 is 12.0 Å². The number of piperidine rings is 1. The van der Waals surface area contributed by atoms with Gasteiger partial charge in [-0.25, -0.2) is 9.59 Å². The van der Waals surface area contributed by atoms with Gasteiger partial charge in [0.15, 0.2) is 0 Å². The molecule has 1 aliphatic heterocycles. The van der Waals surface area contributed by atoms with Gasteiger partial charge in [0.25, 0.3) is 0 Å². The summed E-state index contributed by atoms with van der Waals surface area (Å²) < 4.78 is 4.84. The number of amides is 2. The van der Waals surface area contributed by atoms with Gasteiger partial charge in [0.1, 0.15) is 6.61 Å². The summed E-state index contributed by atoms with van der Waals surface area (Å²) in [6, 6.07) is -0.0904. The lowest BCUT2D eigenvalue weighted by atomic mass is 9.92. The Hall–Kier alpha value is -1.30. The second-order valence-corrected chi connectivity index (χ2v) is 5.03. The monoisotopic (exact) mass is 258 g/mol. The van der Waals surface area contributed by atoms with E-state index in [4.69, 9.17) is 9.84 Å². The zero-order valence-corrected chi connectivity index (χ0v) is 11.0. The maximum atomic E-state index is 11.8. The number of hydrogen-bond acceptors (Lipinski definition) is 3. The molecule has 0 saturated carbocycles. The number of carboxylic acid groups (broad SMARTS) is 1. The van der Waals surface area contributed by atoms with Crippen molar-refractivity contribution in [3.05, 3.63) is 0 Å². The second-order valence-electron chi connectivity index (χ2n) is 5.03. The van der Waals surface area contributed by atoms with Crippen LogP contribution in [0.3, 0.4) is 0 Å². The first-order valence-corrected chi connectivity index (χ1v) is 6.31. The van der Waals surface area contributed by atoms with Gasteiger partial charge in [0.2, 0.25) is 0 Å². The largest absolute Gasteiger partial charge is 0.480 e. The molecule has 1 saturated heterocycles. The van der Waals surface area contributed by atoms with E-state index < -0.39 is 5.97 Å². The fraction of sp³-hybridized carbons (Fsp3) is 0.833. The van der Waals surface area contributed by atoms with Crippen molar-refractivity contribution in [2.45, 2.75) is 20.3 Å². The lowest BCUT2D eigenvalue weighted by Gasteiger charge is -2.34. The Balaban J connectivity index is 2.18. The smallest absolute Gasteiger partial charge is 0.329 e. The molecule has 1 fully saturated rings. The van der Waals surface area contributed by atoms with Gasteiger partial charge in [-0.3, -0.25) is 0 Å². The lowest BCUT2D eigenvalue weighted by molar-refractivity contribution is -0.142. The van der Waals surface area contributed by atoms with Crippen molar-refractivity contribution in [1.29, 1.82) is 0 Å². The van der Waals surface area contributed by atoms with Crippen LogP contribution in [0.1, 0.15) is 20.3 Å². The quantitative estimate of drug-likeness (QED) is 0.714. The van der Waals surface area contributed by atoms with Crippen LogP contribution in [-0.4, -0.2) is 54.9 Å². The number of hydrogen-bond donors (Lipinski definition) is 2. The summed E-state index contributed by atoms with van der Waals surface area (Å²) >= 11 is 0. The molecule has 0 aliphatic carbocycles. The minimum atomic E-state index is -1.000. The van der Waals surface area contributed by atoms with Crippen LogP contribution < -0.4 is 5.32 Å². The van der Waals surface area contributed by atoms with E-state index in [-0.39, 0.29) is 19.2 Å². The molecule has 6 heteroatoms. The van der Waals surface area contributed by atoms with Crippen LogP contribution in [-0.2, 0) is 9.53 Å². The predicted octanol–water partition coefficient (Wildman–Crippen LogP) is 0.775. The van der Waals surface area contributed by atoms with Crippen LogP contribution in [0.5, 0.6) is 0 Å². The minimum absolute atomic E-state index is 0.0904. The Morgan fingerprint density at radius 3 is 2.50 bits per heavy atom. The molecule has 0 aromatic heterocycles. The first-order chi connectivity index (χ1) is 8.49. The van der Waals surface area contributed by atoms with E-state index in [1.54, 1.807) is 0 Å². The van der Waals surface area contributed by atoms with E-state index in [2.05, 4.69) is 19.2 Å². The molecular weight excluding hydrogens is 236 g/mol. The fourth-order valence-electron chi connectivity index (χ4n) is 2.33. The summed E-state index contributed by atoms with van der Waals surface area (Å²) in [5.41, 5.74) is 0. The Kier molecular flexibility index (Phi) is 5.91. The van der Waals surface area contributed by atoms with Crippen LogP contribution in [0, 0.1) is 11.8 Å². The summed E-state index contributed by atoms with van der Waals surface area (Å²) in [5, 5.41) is 11.1. The SMILES string of the molecule is CC1CC(C)CN(C(=O)NCCOCC(=O)O)C1. The zero-order valence-electron chi connectivity index (χ0n) is 11.0. The van der Waals surface area contributed by atoms with E-state index in [1.807, 2.05) is 4.90 Å². The standard InChI is InChI=1S/C12H22N2O4/c1-9-5-10(2)7-14(6-9)12(17)13-3-4-18-8-11(15)16/h9-10H,3-8H2,1-2H3,(H,13,17)(H,15,16). The van der Waals surface area contributed by atoms with Gasteiger partial charge in [0.05, 0.1) is 6.61 Å². The highest BCUT2D eigenvalue weighted by Crippen LogP contribution is 2.20. The molecule has 6 nitrogen and oxygen atoms in total. The van der Waals surface area contributed by atoms with Gasteiger partial charge in [-0.1, -0.05) is 13.8 Å². The van der Waals surface area contributed by atoms with Crippen molar-refractivity contribution in [1.82, 2.24) is 10.2 Å². The van der Waals surface area contributed by atoms with Crippen molar-refractivity contribution in [2.24, 2.45) is 11.8 Å². The molecule has 2 atom stereocenters. The topological polar surface area (TPSA) is 78.9 Å². The van der Waals surface area contributed by atoms with Gasteiger partial charge < -0.3 is 20.1 Å². The molecule has 0 bridgehead atoms. The average molecular weight is 258 g/mol. The maximum absolute atomic E-state index is 11.8. The van der Waals surface area contributed by atoms with Crippen LogP contribution in [0.2, 0.25) is 0 Å². The molecule has 2 unspecified atom stereocenters. The Bertz CT molecular complexity index is 286. The van der Waals surface area contributed by atoms with Gasteiger partial charge in [-0.15, -0.1) is 0 Å². The van der Waals surface area contributed by atoms with Crippen molar-refractivity contribution >= 4 is 12.0 Å². The van der Waals surface area contributed by atoms with E-state index >= 15 is 0 Å².